The monoisotopic (exact) mass is 110 g/mol. The minimum Gasteiger partial charge on any atom is -0.333 e. The molecule has 0 aromatic heterocycles. The van der Waals surface area contributed by atoms with Gasteiger partial charge in [0.1, 0.15) is 0 Å². The average Bonchev–Trinajstić information content (AvgIpc) is 1.83. The second kappa shape index (κ2) is 4.52. The topological polar surface area (TPSA) is 3.24 Å². The van der Waals surface area contributed by atoms with Gasteiger partial charge in [-0.1, -0.05) is 5.92 Å². The van der Waals surface area contributed by atoms with E-state index >= 15 is 0 Å². The minimum absolute atomic E-state index is 0.985. The van der Waals surface area contributed by atoms with Crippen LogP contribution in [-0.2, 0) is 0 Å². The van der Waals surface area contributed by atoms with Crippen LogP contribution in [0.5, 0.6) is 0 Å². The second-order valence-electron chi connectivity index (χ2n) is 1.46. The zero-order chi connectivity index (χ0) is 6.41. The lowest BCUT2D eigenvalue weighted by Crippen LogP contribution is -2.15. The highest BCUT2D eigenvalue weighted by molar-refractivity contribution is 5.00. The first-order valence-corrected chi connectivity index (χ1v) is 2.87. The van der Waals surface area contributed by atoms with E-state index < -0.39 is 0 Å². The van der Waals surface area contributed by atoms with Gasteiger partial charge < -0.3 is 4.90 Å². The van der Waals surface area contributed by atoms with Crippen LogP contribution in [0.15, 0.2) is 0 Å². The summed E-state index contributed by atoms with van der Waals surface area (Å²) in [5, 5.41) is 0. The maximum atomic E-state index is 3.42. The van der Waals surface area contributed by atoms with Crippen molar-refractivity contribution in [3.8, 4) is 12.0 Å². The van der Waals surface area contributed by atoms with E-state index in [2.05, 4.69) is 32.7 Å². The van der Waals surface area contributed by atoms with E-state index in [0.717, 1.165) is 13.1 Å². The Labute approximate surface area is 51.7 Å². The summed E-state index contributed by atoms with van der Waals surface area (Å²) in [6.07, 6.45) is 0. The Bertz CT molecular complexity index is 92.7. The van der Waals surface area contributed by atoms with E-state index in [1.54, 1.807) is 0 Å². The third-order valence-corrected chi connectivity index (χ3v) is 1.00. The van der Waals surface area contributed by atoms with Crippen LogP contribution in [0.4, 0.5) is 0 Å². The van der Waals surface area contributed by atoms with Crippen molar-refractivity contribution in [3.63, 3.8) is 0 Å². The van der Waals surface area contributed by atoms with Crippen molar-refractivity contribution in [2.45, 2.75) is 13.8 Å². The molecule has 8 heavy (non-hydrogen) atoms. The smallest absolute Gasteiger partial charge is 0.0232 e. The maximum Gasteiger partial charge on any atom is 0.0232 e. The largest absolute Gasteiger partial charge is 0.333 e. The van der Waals surface area contributed by atoms with Crippen LogP contribution in [0.25, 0.3) is 0 Å². The molecule has 1 heteroatoms. The summed E-state index contributed by atoms with van der Waals surface area (Å²) < 4.78 is 0. The lowest BCUT2D eigenvalue weighted by Gasteiger charge is -2.09. The van der Waals surface area contributed by atoms with Crippen LogP contribution in [-0.4, -0.2) is 18.0 Å². The highest BCUT2D eigenvalue weighted by Crippen LogP contribution is 1.79. The molecule has 0 spiro atoms. The third kappa shape index (κ3) is 2.52. The first-order valence-electron chi connectivity index (χ1n) is 2.87. The van der Waals surface area contributed by atoms with Crippen LogP contribution in [0.1, 0.15) is 13.8 Å². The van der Waals surface area contributed by atoms with Crippen molar-refractivity contribution < 1.29 is 0 Å². The Balaban J connectivity index is 3.47. The number of hydrogen-bond acceptors (Lipinski definition) is 1. The van der Waals surface area contributed by atoms with Crippen molar-refractivity contribution in [2.24, 2.45) is 0 Å². The Morgan fingerprint density at radius 2 is 1.88 bits per heavy atom. The van der Waals surface area contributed by atoms with Gasteiger partial charge >= 0.3 is 0 Å². The van der Waals surface area contributed by atoms with Gasteiger partial charge in [-0.05, 0) is 13.8 Å². The van der Waals surface area contributed by atoms with Crippen LogP contribution in [0.2, 0.25) is 0 Å². The molecule has 0 saturated carbocycles. The molecular formula is C7H12N. The lowest BCUT2D eigenvalue weighted by atomic mass is 10.5. The summed E-state index contributed by atoms with van der Waals surface area (Å²) in [5.41, 5.74) is 0. The maximum absolute atomic E-state index is 3.42. The molecule has 0 aromatic rings. The molecule has 0 unspecified atom stereocenters. The summed E-state index contributed by atoms with van der Waals surface area (Å²) in [4.78, 5) is 2.01. The molecule has 0 bridgehead atoms. The average molecular weight is 110 g/mol. The molecule has 0 heterocycles. The molecule has 1 radical (unpaired) electrons. The van der Waals surface area contributed by atoms with Gasteiger partial charge in [0.15, 0.2) is 0 Å². The first-order chi connectivity index (χ1) is 3.85. The zero-order valence-corrected chi connectivity index (χ0v) is 5.57. The number of rotatable bonds is 2. The minimum atomic E-state index is 0.985. The van der Waals surface area contributed by atoms with Crippen LogP contribution >= 0.6 is 0 Å². The van der Waals surface area contributed by atoms with Crippen molar-refractivity contribution in [1.82, 2.24) is 4.90 Å². The van der Waals surface area contributed by atoms with Crippen LogP contribution in [0, 0.1) is 18.9 Å². The Morgan fingerprint density at radius 3 is 2.00 bits per heavy atom. The zero-order valence-electron chi connectivity index (χ0n) is 5.57. The fraction of sp³-hybridized carbons (Fsp3) is 0.571. The third-order valence-electron chi connectivity index (χ3n) is 1.00. The van der Waals surface area contributed by atoms with E-state index in [9.17, 15) is 0 Å². The van der Waals surface area contributed by atoms with Crippen molar-refractivity contribution >= 4 is 0 Å². The predicted octanol–water partition coefficient (Wildman–Crippen LogP) is 1.12. The molecular weight excluding hydrogens is 98.1 g/mol. The summed E-state index contributed by atoms with van der Waals surface area (Å²) in [6, 6.07) is 2.85. The van der Waals surface area contributed by atoms with Gasteiger partial charge in [0.2, 0.25) is 0 Å². The van der Waals surface area contributed by atoms with Gasteiger partial charge in [-0.15, -0.1) is 0 Å². The summed E-state index contributed by atoms with van der Waals surface area (Å²) in [6.45, 7) is 9.54. The molecule has 0 aliphatic rings. The van der Waals surface area contributed by atoms with Gasteiger partial charge in [-0.2, -0.15) is 0 Å². The van der Waals surface area contributed by atoms with Crippen molar-refractivity contribution in [3.05, 3.63) is 6.92 Å². The number of hydrogen-bond donors (Lipinski definition) is 0. The van der Waals surface area contributed by atoms with E-state index in [0.29, 0.717) is 0 Å². The molecule has 0 aliphatic heterocycles. The highest BCUT2D eigenvalue weighted by Gasteiger charge is 1.85. The van der Waals surface area contributed by atoms with E-state index in [4.69, 9.17) is 0 Å². The quantitative estimate of drug-likeness (QED) is 0.380. The second-order valence-corrected chi connectivity index (χ2v) is 1.46. The van der Waals surface area contributed by atoms with Crippen molar-refractivity contribution in [2.75, 3.05) is 13.1 Å². The van der Waals surface area contributed by atoms with Gasteiger partial charge in [0, 0.05) is 26.1 Å². The summed E-state index contributed by atoms with van der Waals surface area (Å²) in [5.74, 6) is 2.60. The summed E-state index contributed by atoms with van der Waals surface area (Å²) in [7, 11) is 0. The molecule has 0 atom stereocenters. The lowest BCUT2D eigenvalue weighted by molar-refractivity contribution is 0.444. The SMILES string of the molecule is [CH2]C#CN(CC)CC. The summed E-state index contributed by atoms with van der Waals surface area (Å²) >= 11 is 0. The molecule has 1 nitrogen and oxygen atoms in total. The Hall–Kier alpha value is -0.640. The number of nitrogens with zero attached hydrogens (tertiary/aromatic N) is 1. The highest BCUT2D eigenvalue weighted by atomic mass is 15.1. The Morgan fingerprint density at radius 1 is 1.38 bits per heavy atom. The predicted molar refractivity (Wildman–Crippen MR) is 36.1 cm³/mol. The van der Waals surface area contributed by atoms with Gasteiger partial charge in [-0.25, -0.2) is 0 Å². The molecule has 45 valence electrons. The molecule has 0 aliphatic carbocycles. The molecule has 0 amide bonds. The first kappa shape index (κ1) is 7.36. The van der Waals surface area contributed by atoms with Crippen LogP contribution in [0.3, 0.4) is 0 Å². The normalized spacial score (nSPS) is 7.38. The van der Waals surface area contributed by atoms with E-state index in [1.165, 1.54) is 0 Å². The van der Waals surface area contributed by atoms with Gasteiger partial charge in [0.25, 0.3) is 0 Å². The standard InChI is InChI=1S/C7H12N/c1-4-7-8(5-2)6-3/h1,5-6H2,2-3H3. The van der Waals surface area contributed by atoms with E-state index in [-0.39, 0.29) is 0 Å². The fourth-order valence-electron chi connectivity index (χ4n) is 0.494. The van der Waals surface area contributed by atoms with E-state index in [1.807, 2.05) is 4.90 Å². The molecule has 0 rings (SSSR count). The molecule has 0 aromatic carbocycles. The van der Waals surface area contributed by atoms with Crippen LogP contribution < -0.4 is 0 Å². The van der Waals surface area contributed by atoms with Crippen molar-refractivity contribution in [1.29, 1.82) is 0 Å². The molecule has 0 fully saturated rings. The van der Waals surface area contributed by atoms with Gasteiger partial charge in [-0.3, -0.25) is 0 Å². The Kier molecular flexibility index (Phi) is 4.16. The molecule has 0 N–H and O–H groups in total. The van der Waals surface area contributed by atoms with Gasteiger partial charge in [0.05, 0.1) is 0 Å². The molecule has 0 saturated heterocycles. The fourth-order valence-corrected chi connectivity index (χ4v) is 0.494.